The number of rotatable bonds is 12. The van der Waals surface area contributed by atoms with Crippen LogP contribution in [-0.4, -0.2) is 34.6 Å². The molecule has 1 rings (SSSR count). The molecular weight excluding hydrogens is 414 g/mol. The van der Waals surface area contributed by atoms with Crippen molar-refractivity contribution in [2.75, 3.05) is 0 Å². The maximum absolute atomic E-state index is 14.0. The molecule has 1 aromatic carbocycles. The molecule has 0 aliphatic rings. The zero-order valence-corrected chi connectivity index (χ0v) is 20.5. The van der Waals surface area contributed by atoms with Crippen molar-refractivity contribution in [2.45, 2.75) is 91.3 Å². The van der Waals surface area contributed by atoms with Crippen molar-refractivity contribution in [2.24, 2.45) is 0 Å². The van der Waals surface area contributed by atoms with Gasteiger partial charge in [-0.15, -0.1) is 0 Å². The average molecular weight is 450 g/mol. The van der Waals surface area contributed by atoms with Crippen LogP contribution in [0.25, 0.3) is 0 Å². The quantitative estimate of drug-likeness (QED) is 0.393. The molecule has 29 heavy (non-hydrogen) atoms. The van der Waals surface area contributed by atoms with E-state index in [2.05, 4.69) is 0 Å². The summed E-state index contributed by atoms with van der Waals surface area (Å²) in [7, 11) is -8.82. The Hall–Kier alpha value is -0.520. The third kappa shape index (κ3) is 7.00. The van der Waals surface area contributed by atoms with Crippen LogP contribution in [0.5, 0.6) is 0 Å². The predicted molar refractivity (Wildman–Crippen MR) is 115 cm³/mol. The highest BCUT2D eigenvalue weighted by atomic mass is 31.2. The smallest absolute Gasteiger partial charge is 0.367 e. The van der Waals surface area contributed by atoms with Crippen LogP contribution >= 0.6 is 15.2 Å². The summed E-state index contributed by atoms with van der Waals surface area (Å²) in [6, 6.07) is 8.81. The van der Waals surface area contributed by atoms with E-state index < -0.39 is 44.7 Å². The minimum absolute atomic E-state index is 0.290. The molecule has 0 saturated carbocycles. The van der Waals surface area contributed by atoms with E-state index >= 15 is 0 Å². The summed E-state index contributed by atoms with van der Waals surface area (Å²) >= 11 is 0. The Kier molecular flexibility index (Phi) is 9.76. The highest BCUT2D eigenvalue weighted by Gasteiger charge is 2.66. The fraction of sp³-hybridized carbons (Fsp3) is 0.700. The Balaban J connectivity index is 3.72. The molecule has 168 valence electrons. The lowest BCUT2D eigenvalue weighted by Crippen LogP contribution is -2.38. The molecule has 0 radical (unpaired) electrons. The molecule has 1 aromatic rings. The monoisotopic (exact) mass is 450 g/mol. The maximum atomic E-state index is 14.0. The Bertz CT molecular complexity index is 651. The van der Waals surface area contributed by atoms with Crippen LogP contribution in [0, 0.1) is 0 Å². The average Bonchev–Trinajstić information content (AvgIpc) is 2.52. The summed E-state index contributed by atoms with van der Waals surface area (Å²) in [6.45, 7) is 13.3. The first-order valence-electron chi connectivity index (χ1n) is 9.95. The summed E-state index contributed by atoms with van der Waals surface area (Å²) in [4.78, 5) is 0. The molecular formula is C20H36O7P2. The van der Waals surface area contributed by atoms with Gasteiger partial charge in [0.2, 0.25) is 0 Å². The van der Waals surface area contributed by atoms with Crippen molar-refractivity contribution in [3.8, 4) is 0 Å². The molecule has 0 atom stereocenters. The van der Waals surface area contributed by atoms with Crippen molar-refractivity contribution < 1.29 is 32.3 Å². The van der Waals surface area contributed by atoms with Crippen LogP contribution in [0.15, 0.2) is 30.3 Å². The summed E-state index contributed by atoms with van der Waals surface area (Å²) < 4.78 is 50.7. The van der Waals surface area contributed by atoms with Gasteiger partial charge in [-0.3, -0.25) is 9.13 Å². The van der Waals surface area contributed by atoms with Gasteiger partial charge in [0.25, 0.3) is 5.08 Å². The Morgan fingerprint density at radius 2 is 1.03 bits per heavy atom. The lowest BCUT2D eigenvalue weighted by molar-refractivity contribution is 0.0461. The molecule has 9 heteroatoms. The van der Waals surface area contributed by atoms with E-state index in [9.17, 15) is 14.2 Å². The lowest BCUT2D eigenvalue weighted by atomic mass is 10.2. The molecule has 0 aliphatic heterocycles. The molecule has 0 saturated heterocycles. The van der Waals surface area contributed by atoms with Gasteiger partial charge in [-0.1, -0.05) is 30.3 Å². The largest absolute Gasteiger partial charge is 0.375 e. The first-order valence-corrected chi connectivity index (χ1v) is 13.0. The van der Waals surface area contributed by atoms with Gasteiger partial charge in [0.15, 0.2) is 0 Å². The van der Waals surface area contributed by atoms with Crippen molar-refractivity contribution in [3.63, 3.8) is 0 Å². The minimum atomic E-state index is -4.41. The number of hydrogen-bond acceptors (Lipinski definition) is 7. The van der Waals surface area contributed by atoms with E-state index in [1.54, 1.807) is 79.7 Å². The van der Waals surface area contributed by atoms with E-state index in [1.807, 2.05) is 6.07 Å². The third-order valence-electron chi connectivity index (χ3n) is 3.56. The molecule has 0 aliphatic carbocycles. The Morgan fingerprint density at radius 3 is 1.31 bits per heavy atom. The van der Waals surface area contributed by atoms with Crippen LogP contribution in [0.1, 0.15) is 61.0 Å². The van der Waals surface area contributed by atoms with E-state index in [4.69, 9.17) is 18.1 Å². The molecule has 0 fully saturated rings. The van der Waals surface area contributed by atoms with Crippen LogP contribution < -0.4 is 0 Å². The molecule has 0 bridgehead atoms. The van der Waals surface area contributed by atoms with Crippen LogP contribution in [0.3, 0.4) is 0 Å². The maximum Gasteiger partial charge on any atom is 0.375 e. The van der Waals surface area contributed by atoms with Crippen LogP contribution in [0.2, 0.25) is 0 Å². The summed E-state index contributed by atoms with van der Waals surface area (Å²) in [5.41, 5.74) is 0.592. The van der Waals surface area contributed by atoms with E-state index in [-0.39, 0.29) is 6.42 Å². The van der Waals surface area contributed by atoms with Gasteiger partial charge in [-0.25, -0.2) is 0 Å². The molecule has 7 nitrogen and oxygen atoms in total. The summed E-state index contributed by atoms with van der Waals surface area (Å²) in [5.74, 6) is 0. The second-order valence-electron chi connectivity index (χ2n) is 8.05. The molecule has 0 spiro atoms. The predicted octanol–water partition coefficient (Wildman–Crippen LogP) is 5.96. The summed E-state index contributed by atoms with van der Waals surface area (Å²) in [5, 5.41) is 9.33. The molecule has 0 amide bonds. The van der Waals surface area contributed by atoms with Gasteiger partial charge in [0.05, 0.1) is 24.4 Å². The first-order chi connectivity index (χ1) is 13.2. The van der Waals surface area contributed by atoms with Gasteiger partial charge < -0.3 is 23.2 Å². The number of aliphatic hydroxyl groups is 1. The van der Waals surface area contributed by atoms with Crippen molar-refractivity contribution >= 4 is 15.2 Å². The normalized spacial score (nSPS) is 13.8. The zero-order valence-electron chi connectivity index (χ0n) is 18.7. The van der Waals surface area contributed by atoms with E-state index in [0.717, 1.165) is 0 Å². The Labute approximate surface area is 175 Å². The van der Waals surface area contributed by atoms with Crippen molar-refractivity contribution in [1.82, 2.24) is 0 Å². The highest BCUT2D eigenvalue weighted by molar-refractivity contribution is 7.73. The second kappa shape index (κ2) is 10.7. The lowest BCUT2D eigenvalue weighted by Gasteiger charge is -2.41. The second-order valence-corrected chi connectivity index (χ2v) is 12.7. The van der Waals surface area contributed by atoms with Gasteiger partial charge in [-0.05, 0) is 61.0 Å². The number of hydrogen-bond donors (Lipinski definition) is 1. The van der Waals surface area contributed by atoms with Crippen LogP contribution in [0.4, 0.5) is 0 Å². The molecule has 1 N–H and O–H groups in total. The minimum Gasteiger partial charge on any atom is -0.367 e. The van der Waals surface area contributed by atoms with Crippen molar-refractivity contribution in [1.29, 1.82) is 0 Å². The van der Waals surface area contributed by atoms with Gasteiger partial charge in [0, 0.05) is 6.42 Å². The van der Waals surface area contributed by atoms with Crippen LogP contribution in [-0.2, 0) is 33.6 Å². The van der Waals surface area contributed by atoms with E-state index in [0.29, 0.717) is 5.56 Å². The van der Waals surface area contributed by atoms with Crippen molar-refractivity contribution in [3.05, 3.63) is 35.9 Å². The SMILES string of the molecule is CC(C)OP(=O)(OC(C)C)C(O)(Cc1ccccc1)P(=O)(OC(C)C)OC(C)C. The van der Waals surface area contributed by atoms with Gasteiger partial charge in [0.1, 0.15) is 0 Å². The topological polar surface area (TPSA) is 91.3 Å². The molecule has 0 unspecified atom stereocenters. The van der Waals surface area contributed by atoms with E-state index in [1.165, 1.54) is 0 Å². The van der Waals surface area contributed by atoms with Gasteiger partial charge in [-0.2, -0.15) is 0 Å². The zero-order chi connectivity index (χ0) is 22.5. The standard InChI is InChI=1S/C20H36O7P2/c1-15(2)24-28(22,25-16(3)4)20(21,14-19-12-10-9-11-13-19)29(23,26-17(5)6)27-18(7)8/h9-13,15-18,21H,14H2,1-8H3. The summed E-state index contributed by atoms with van der Waals surface area (Å²) in [6.07, 6.45) is -2.54. The Morgan fingerprint density at radius 1 is 0.724 bits per heavy atom. The fourth-order valence-corrected chi connectivity index (χ4v) is 8.22. The van der Waals surface area contributed by atoms with Gasteiger partial charge >= 0.3 is 15.2 Å². The molecule has 0 heterocycles. The molecule has 0 aromatic heterocycles. The highest BCUT2D eigenvalue weighted by Crippen LogP contribution is 2.78. The third-order valence-corrected chi connectivity index (χ3v) is 9.90. The number of benzene rings is 1. The fourth-order valence-electron chi connectivity index (χ4n) is 2.71. The first kappa shape index (κ1) is 26.5.